The molecule has 0 bridgehead atoms. The summed E-state index contributed by atoms with van der Waals surface area (Å²) in [6.07, 6.45) is 2.75. The van der Waals surface area contributed by atoms with Crippen LogP contribution in [0, 0.1) is 0 Å². The Labute approximate surface area is 116 Å². The van der Waals surface area contributed by atoms with E-state index in [2.05, 4.69) is 5.32 Å². The van der Waals surface area contributed by atoms with Crippen LogP contribution in [0.5, 0.6) is 0 Å². The van der Waals surface area contributed by atoms with Crippen LogP contribution in [0.25, 0.3) is 11.0 Å². The van der Waals surface area contributed by atoms with E-state index in [0.29, 0.717) is 18.7 Å². The van der Waals surface area contributed by atoms with Crippen LogP contribution in [0.1, 0.15) is 29.6 Å². The van der Waals surface area contributed by atoms with Gasteiger partial charge in [0.15, 0.2) is 0 Å². The molecule has 0 aliphatic carbocycles. The molecule has 1 heterocycles. The van der Waals surface area contributed by atoms with Gasteiger partial charge >= 0.3 is 5.63 Å². The molecule has 2 aromatic rings. The molecule has 0 fully saturated rings. The van der Waals surface area contributed by atoms with Gasteiger partial charge in [0.2, 0.25) is 0 Å². The molecule has 1 aromatic carbocycles. The molecule has 5 heteroatoms. The van der Waals surface area contributed by atoms with Gasteiger partial charge in [-0.2, -0.15) is 0 Å². The molecule has 0 spiro atoms. The van der Waals surface area contributed by atoms with Crippen LogP contribution >= 0.6 is 0 Å². The summed E-state index contributed by atoms with van der Waals surface area (Å²) in [5.41, 5.74) is 5.31. The number of fused-ring (bicyclic) bond motifs is 1. The lowest BCUT2D eigenvalue weighted by molar-refractivity contribution is 0.0949. The molecule has 0 unspecified atom stereocenters. The van der Waals surface area contributed by atoms with Crippen molar-refractivity contribution in [1.82, 2.24) is 5.32 Å². The number of para-hydroxylation sites is 1. The maximum Gasteiger partial charge on any atom is 0.349 e. The van der Waals surface area contributed by atoms with Crippen LogP contribution in [0.15, 0.2) is 39.5 Å². The fraction of sp³-hybridized carbons (Fsp3) is 0.333. The van der Waals surface area contributed by atoms with E-state index in [9.17, 15) is 9.59 Å². The number of benzene rings is 1. The van der Waals surface area contributed by atoms with Gasteiger partial charge in [-0.05, 0) is 31.5 Å². The van der Waals surface area contributed by atoms with Crippen LogP contribution < -0.4 is 16.7 Å². The molecular weight excluding hydrogens is 256 g/mol. The molecule has 20 heavy (non-hydrogen) atoms. The van der Waals surface area contributed by atoms with Crippen LogP contribution in [0.4, 0.5) is 0 Å². The maximum absolute atomic E-state index is 11.9. The minimum atomic E-state index is -0.608. The van der Waals surface area contributed by atoms with Gasteiger partial charge in [0, 0.05) is 11.9 Å². The summed E-state index contributed by atoms with van der Waals surface area (Å²) in [4.78, 5) is 23.7. The highest BCUT2D eigenvalue weighted by molar-refractivity contribution is 5.96. The minimum absolute atomic E-state index is 0.0440. The zero-order chi connectivity index (χ0) is 14.4. The fourth-order valence-corrected chi connectivity index (χ4v) is 1.96. The molecule has 1 amide bonds. The van der Waals surface area contributed by atoms with Gasteiger partial charge in [0.1, 0.15) is 11.1 Å². The first-order valence-electron chi connectivity index (χ1n) is 6.73. The summed E-state index contributed by atoms with van der Waals surface area (Å²) >= 11 is 0. The highest BCUT2D eigenvalue weighted by atomic mass is 16.4. The highest BCUT2D eigenvalue weighted by Gasteiger charge is 2.12. The zero-order valence-electron chi connectivity index (χ0n) is 11.2. The molecule has 0 radical (unpaired) electrons. The largest absolute Gasteiger partial charge is 0.422 e. The van der Waals surface area contributed by atoms with Gasteiger partial charge < -0.3 is 15.5 Å². The second-order valence-electron chi connectivity index (χ2n) is 4.59. The first-order valence-corrected chi connectivity index (χ1v) is 6.73. The van der Waals surface area contributed by atoms with Crippen LogP contribution in [0.2, 0.25) is 0 Å². The van der Waals surface area contributed by atoms with Crippen molar-refractivity contribution in [2.24, 2.45) is 5.73 Å². The van der Waals surface area contributed by atoms with E-state index in [-0.39, 0.29) is 5.56 Å². The first-order chi connectivity index (χ1) is 9.72. The quantitative estimate of drug-likeness (QED) is 0.619. The lowest BCUT2D eigenvalue weighted by Gasteiger charge is -2.05. The molecule has 0 aliphatic heterocycles. The van der Waals surface area contributed by atoms with Gasteiger partial charge in [0.25, 0.3) is 5.91 Å². The van der Waals surface area contributed by atoms with E-state index in [1.165, 1.54) is 0 Å². The number of unbranched alkanes of at least 4 members (excludes halogenated alkanes) is 2. The van der Waals surface area contributed by atoms with E-state index >= 15 is 0 Å². The number of hydrogen-bond donors (Lipinski definition) is 2. The second kappa shape index (κ2) is 6.86. The minimum Gasteiger partial charge on any atom is -0.422 e. The number of nitrogens with two attached hydrogens (primary N) is 1. The summed E-state index contributed by atoms with van der Waals surface area (Å²) in [6.45, 7) is 1.19. The Bertz CT molecular complexity index is 649. The van der Waals surface area contributed by atoms with Gasteiger partial charge in [0.05, 0.1) is 0 Å². The molecular formula is C15H18N2O3. The van der Waals surface area contributed by atoms with Crippen molar-refractivity contribution in [3.63, 3.8) is 0 Å². The predicted molar refractivity (Wildman–Crippen MR) is 77.7 cm³/mol. The van der Waals surface area contributed by atoms with Gasteiger partial charge in [-0.3, -0.25) is 4.79 Å². The van der Waals surface area contributed by atoms with Crippen molar-refractivity contribution >= 4 is 16.9 Å². The number of carbonyl (C=O) groups excluding carboxylic acids is 1. The van der Waals surface area contributed by atoms with Crippen molar-refractivity contribution in [1.29, 1.82) is 0 Å². The Hall–Kier alpha value is -2.14. The second-order valence-corrected chi connectivity index (χ2v) is 4.59. The average molecular weight is 274 g/mol. The number of rotatable bonds is 6. The molecule has 5 nitrogen and oxygen atoms in total. The lowest BCUT2D eigenvalue weighted by atomic mass is 10.1. The molecule has 3 N–H and O–H groups in total. The summed E-state index contributed by atoms with van der Waals surface area (Å²) in [7, 11) is 0. The molecule has 1 aromatic heterocycles. The molecule has 0 saturated carbocycles. The fourth-order valence-electron chi connectivity index (χ4n) is 1.96. The third kappa shape index (κ3) is 3.45. The van der Waals surface area contributed by atoms with Gasteiger partial charge in [-0.25, -0.2) is 4.79 Å². The van der Waals surface area contributed by atoms with E-state index in [1.54, 1.807) is 24.3 Å². The van der Waals surface area contributed by atoms with Crippen LogP contribution in [0.3, 0.4) is 0 Å². The number of carbonyl (C=O) groups is 1. The first kappa shape index (κ1) is 14.3. The van der Waals surface area contributed by atoms with E-state index in [1.807, 2.05) is 6.07 Å². The topological polar surface area (TPSA) is 85.3 Å². The molecule has 2 rings (SSSR count). The van der Waals surface area contributed by atoms with E-state index in [0.717, 1.165) is 24.6 Å². The molecule has 0 atom stereocenters. The van der Waals surface area contributed by atoms with E-state index < -0.39 is 11.5 Å². The summed E-state index contributed by atoms with van der Waals surface area (Å²) in [6, 6.07) is 8.68. The zero-order valence-corrected chi connectivity index (χ0v) is 11.2. The Morgan fingerprint density at radius 3 is 2.80 bits per heavy atom. The highest BCUT2D eigenvalue weighted by Crippen LogP contribution is 2.12. The van der Waals surface area contributed by atoms with Crippen molar-refractivity contribution in [2.75, 3.05) is 13.1 Å². The Balaban J connectivity index is 2.06. The Morgan fingerprint density at radius 2 is 2.00 bits per heavy atom. The average Bonchev–Trinajstić information content (AvgIpc) is 2.46. The Kier molecular flexibility index (Phi) is 4.90. The molecule has 106 valence electrons. The Morgan fingerprint density at radius 1 is 1.20 bits per heavy atom. The predicted octanol–water partition coefficient (Wildman–Crippen LogP) is 1.65. The number of hydrogen-bond acceptors (Lipinski definition) is 4. The van der Waals surface area contributed by atoms with Crippen molar-refractivity contribution < 1.29 is 9.21 Å². The van der Waals surface area contributed by atoms with Crippen LogP contribution in [-0.2, 0) is 0 Å². The summed E-state index contributed by atoms with van der Waals surface area (Å²) in [5.74, 6) is -0.391. The summed E-state index contributed by atoms with van der Waals surface area (Å²) < 4.78 is 5.13. The normalized spacial score (nSPS) is 10.7. The van der Waals surface area contributed by atoms with Crippen LogP contribution in [-0.4, -0.2) is 19.0 Å². The van der Waals surface area contributed by atoms with Crippen molar-refractivity contribution in [3.8, 4) is 0 Å². The molecule has 0 aliphatic rings. The molecule has 0 saturated heterocycles. The van der Waals surface area contributed by atoms with Gasteiger partial charge in [-0.15, -0.1) is 0 Å². The van der Waals surface area contributed by atoms with Crippen molar-refractivity contribution in [3.05, 3.63) is 46.3 Å². The third-order valence-electron chi connectivity index (χ3n) is 3.05. The maximum atomic E-state index is 11.9. The third-order valence-corrected chi connectivity index (χ3v) is 3.05. The monoisotopic (exact) mass is 274 g/mol. The van der Waals surface area contributed by atoms with E-state index in [4.69, 9.17) is 10.2 Å². The smallest absolute Gasteiger partial charge is 0.349 e. The SMILES string of the molecule is NCCCCCNC(=O)c1cc2ccccc2oc1=O. The lowest BCUT2D eigenvalue weighted by Crippen LogP contribution is -2.29. The number of nitrogens with one attached hydrogen (secondary N) is 1. The summed E-state index contributed by atoms with van der Waals surface area (Å²) in [5, 5.41) is 3.46. The van der Waals surface area contributed by atoms with Gasteiger partial charge in [-0.1, -0.05) is 24.6 Å². The van der Waals surface area contributed by atoms with Crippen molar-refractivity contribution in [2.45, 2.75) is 19.3 Å². The number of amides is 1. The standard InChI is InChI=1S/C15H18N2O3/c16-8-4-1-5-9-17-14(18)12-10-11-6-2-3-7-13(11)20-15(12)19/h2-3,6-7,10H,1,4-5,8-9,16H2,(H,17,18).